The van der Waals surface area contributed by atoms with Crippen LogP contribution in [0, 0.1) is 23.5 Å². The van der Waals surface area contributed by atoms with Crippen molar-refractivity contribution in [2.75, 3.05) is 31.1 Å². The first-order valence-corrected chi connectivity index (χ1v) is 10.1. The van der Waals surface area contributed by atoms with Gasteiger partial charge in [0, 0.05) is 25.8 Å². The fourth-order valence-electron chi connectivity index (χ4n) is 4.19. The summed E-state index contributed by atoms with van der Waals surface area (Å²) in [6, 6.07) is 1.00. The topological polar surface area (TPSA) is 74.6 Å². The summed E-state index contributed by atoms with van der Waals surface area (Å²) in [7, 11) is 0. The second-order valence-electron chi connectivity index (χ2n) is 8.10. The van der Waals surface area contributed by atoms with Crippen molar-refractivity contribution in [1.29, 1.82) is 0 Å². The Hall–Kier alpha value is -2.48. The van der Waals surface area contributed by atoms with Crippen LogP contribution in [0.2, 0.25) is 0 Å². The van der Waals surface area contributed by atoms with Crippen molar-refractivity contribution in [2.24, 2.45) is 11.8 Å². The molecule has 0 amide bonds. The number of carboxylic acids is 1. The molecule has 0 radical (unpaired) electrons. The molecule has 2 fully saturated rings. The molecule has 1 aromatic heterocycles. The molecule has 1 aromatic carbocycles. The number of carboxylic acid groups (broad SMARTS) is 1. The Morgan fingerprint density at radius 3 is 2.69 bits per heavy atom. The molecule has 2 aromatic rings. The Kier molecular flexibility index (Phi) is 5.29. The number of anilines is 1. The predicted molar refractivity (Wildman–Crippen MR) is 107 cm³/mol. The minimum absolute atomic E-state index is 0.00145. The van der Waals surface area contributed by atoms with Crippen LogP contribution in [-0.2, 0) is 6.54 Å². The molecule has 0 spiro atoms. The van der Waals surface area contributed by atoms with E-state index in [9.17, 15) is 19.1 Å². The quantitative estimate of drug-likeness (QED) is 0.741. The van der Waals surface area contributed by atoms with E-state index < -0.39 is 28.6 Å². The first-order chi connectivity index (χ1) is 13.9. The molecule has 2 N–H and O–H groups in total. The first kappa shape index (κ1) is 19.8. The Balaban J connectivity index is 1.82. The maximum Gasteiger partial charge on any atom is 0.341 e. The van der Waals surface area contributed by atoms with Gasteiger partial charge in [0.1, 0.15) is 17.1 Å². The molecule has 1 unspecified atom stereocenters. The van der Waals surface area contributed by atoms with Crippen LogP contribution in [0.3, 0.4) is 0 Å². The highest BCUT2D eigenvalue weighted by Crippen LogP contribution is 2.36. The molecule has 1 saturated heterocycles. The molecule has 8 heteroatoms. The molecule has 6 nitrogen and oxygen atoms in total. The van der Waals surface area contributed by atoms with Crippen molar-refractivity contribution >= 4 is 22.6 Å². The molecule has 2 aliphatic rings. The lowest BCUT2D eigenvalue weighted by atomic mass is 10.1. The van der Waals surface area contributed by atoms with E-state index in [0.29, 0.717) is 31.5 Å². The molecule has 4 rings (SSSR count). The maximum absolute atomic E-state index is 15.6. The fraction of sp³-hybridized carbons (Fsp3) is 0.524. The van der Waals surface area contributed by atoms with Crippen molar-refractivity contribution in [1.82, 2.24) is 9.88 Å². The summed E-state index contributed by atoms with van der Waals surface area (Å²) in [6.07, 6.45) is 3.98. The van der Waals surface area contributed by atoms with Gasteiger partial charge in [0.15, 0.2) is 5.82 Å². The number of fused-ring (bicyclic) bond motifs is 1. The lowest BCUT2D eigenvalue weighted by molar-refractivity contribution is 0.0694. The molecule has 29 heavy (non-hydrogen) atoms. The van der Waals surface area contributed by atoms with Crippen molar-refractivity contribution in [3.63, 3.8) is 0 Å². The summed E-state index contributed by atoms with van der Waals surface area (Å²) >= 11 is 0. The minimum Gasteiger partial charge on any atom is -0.477 e. The monoisotopic (exact) mass is 405 g/mol. The van der Waals surface area contributed by atoms with E-state index >= 15 is 4.39 Å². The van der Waals surface area contributed by atoms with E-state index in [1.165, 1.54) is 10.8 Å². The van der Waals surface area contributed by atoms with Crippen molar-refractivity contribution in [3.8, 4) is 0 Å². The number of rotatable bonds is 7. The van der Waals surface area contributed by atoms with Crippen molar-refractivity contribution in [2.45, 2.75) is 32.7 Å². The maximum atomic E-state index is 15.6. The van der Waals surface area contributed by atoms with E-state index in [2.05, 4.69) is 5.32 Å². The number of pyridine rings is 1. The molecule has 1 aliphatic carbocycles. The predicted octanol–water partition coefficient (Wildman–Crippen LogP) is 2.82. The Bertz CT molecular complexity index is 1020. The second-order valence-corrected chi connectivity index (χ2v) is 8.10. The van der Waals surface area contributed by atoms with Crippen LogP contribution < -0.4 is 15.6 Å². The Morgan fingerprint density at radius 1 is 1.28 bits per heavy atom. The molecular weight excluding hydrogens is 380 g/mol. The smallest absolute Gasteiger partial charge is 0.341 e. The van der Waals surface area contributed by atoms with Crippen LogP contribution >= 0.6 is 0 Å². The van der Waals surface area contributed by atoms with Crippen molar-refractivity contribution in [3.05, 3.63) is 39.7 Å². The highest BCUT2D eigenvalue weighted by Gasteiger charge is 2.31. The van der Waals surface area contributed by atoms with Gasteiger partial charge >= 0.3 is 5.97 Å². The van der Waals surface area contributed by atoms with E-state index in [0.717, 1.165) is 38.4 Å². The van der Waals surface area contributed by atoms with E-state index in [1.54, 1.807) is 4.90 Å². The molecule has 156 valence electrons. The van der Waals surface area contributed by atoms with Crippen molar-refractivity contribution < 1.29 is 18.7 Å². The lowest BCUT2D eigenvalue weighted by Gasteiger charge is -2.22. The van der Waals surface area contributed by atoms with Crippen LogP contribution in [-0.4, -0.2) is 41.8 Å². The summed E-state index contributed by atoms with van der Waals surface area (Å²) in [5.74, 6) is -2.37. The second kappa shape index (κ2) is 7.74. The number of nitrogens with zero attached hydrogens (tertiary/aromatic N) is 2. The van der Waals surface area contributed by atoms with Gasteiger partial charge in [0.25, 0.3) is 0 Å². The normalized spacial score (nSPS) is 19.3. The van der Waals surface area contributed by atoms with E-state index in [1.807, 2.05) is 6.92 Å². The number of carbonyl (C=O) groups is 1. The van der Waals surface area contributed by atoms with Gasteiger partial charge < -0.3 is 19.9 Å². The van der Waals surface area contributed by atoms with Gasteiger partial charge in [-0.15, -0.1) is 0 Å². The van der Waals surface area contributed by atoms with Gasteiger partial charge in [-0.1, -0.05) is 6.92 Å². The molecule has 1 aliphatic heterocycles. The van der Waals surface area contributed by atoms with Gasteiger partial charge in [-0.05, 0) is 50.3 Å². The lowest BCUT2D eigenvalue weighted by Crippen LogP contribution is -2.28. The van der Waals surface area contributed by atoms with Crippen LogP contribution in [0.25, 0.3) is 10.9 Å². The zero-order valence-electron chi connectivity index (χ0n) is 16.4. The zero-order valence-corrected chi connectivity index (χ0v) is 16.4. The van der Waals surface area contributed by atoms with Crippen LogP contribution in [0.4, 0.5) is 14.5 Å². The van der Waals surface area contributed by atoms with Crippen LogP contribution in [0.15, 0.2) is 17.1 Å². The standard InChI is InChI=1S/C21H25F2N3O3/c1-2-24-8-13-5-6-25(10-13)19-16(22)7-14-18(17(19)23)26(9-12-3-4-12)11-15(20(14)27)21(28)29/h7,11-13,24H,2-6,8-10H2,1H3,(H,28,29). The third-order valence-corrected chi connectivity index (χ3v) is 5.90. The number of halogens is 2. The number of nitrogens with one attached hydrogen (secondary N) is 1. The summed E-state index contributed by atoms with van der Waals surface area (Å²) in [5, 5.41) is 12.4. The molecule has 1 atom stereocenters. The highest BCUT2D eigenvalue weighted by atomic mass is 19.1. The third kappa shape index (κ3) is 3.73. The fourth-order valence-corrected chi connectivity index (χ4v) is 4.19. The summed E-state index contributed by atoms with van der Waals surface area (Å²) in [4.78, 5) is 25.8. The van der Waals surface area contributed by atoms with Gasteiger partial charge in [0.2, 0.25) is 5.43 Å². The molecule has 2 heterocycles. The molecular formula is C21H25F2N3O3. The highest BCUT2D eigenvalue weighted by molar-refractivity contribution is 5.93. The molecule has 0 bridgehead atoms. The Morgan fingerprint density at radius 2 is 2.03 bits per heavy atom. The molecule has 1 saturated carbocycles. The van der Waals surface area contributed by atoms with Gasteiger partial charge in [-0.2, -0.15) is 0 Å². The van der Waals surface area contributed by atoms with E-state index in [4.69, 9.17) is 0 Å². The van der Waals surface area contributed by atoms with Crippen LogP contribution in [0.5, 0.6) is 0 Å². The third-order valence-electron chi connectivity index (χ3n) is 5.90. The van der Waals surface area contributed by atoms with Gasteiger partial charge in [-0.3, -0.25) is 4.79 Å². The average Bonchev–Trinajstić information content (AvgIpc) is 3.37. The zero-order chi connectivity index (χ0) is 20.7. The van der Waals surface area contributed by atoms with Gasteiger partial charge in [0.05, 0.1) is 10.9 Å². The number of aromatic nitrogens is 1. The van der Waals surface area contributed by atoms with Crippen LogP contribution in [0.1, 0.15) is 36.5 Å². The number of aromatic carboxylic acids is 1. The largest absolute Gasteiger partial charge is 0.477 e. The SMILES string of the molecule is CCNCC1CCN(c2c(F)cc3c(=O)c(C(=O)O)cn(CC4CC4)c3c2F)C1. The Labute approximate surface area is 167 Å². The summed E-state index contributed by atoms with van der Waals surface area (Å²) in [5.41, 5.74) is -1.44. The minimum atomic E-state index is -1.39. The summed E-state index contributed by atoms with van der Waals surface area (Å²) in [6.45, 7) is 5.14. The number of benzene rings is 1. The summed E-state index contributed by atoms with van der Waals surface area (Å²) < 4.78 is 32.0. The average molecular weight is 405 g/mol. The number of hydrogen-bond donors (Lipinski definition) is 2. The first-order valence-electron chi connectivity index (χ1n) is 10.1. The van der Waals surface area contributed by atoms with Gasteiger partial charge in [-0.25, -0.2) is 13.6 Å². The van der Waals surface area contributed by atoms with E-state index in [-0.39, 0.29) is 16.6 Å². The number of hydrogen-bond acceptors (Lipinski definition) is 4.